The van der Waals surface area contributed by atoms with Crippen molar-refractivity contribution < 1.29 is 37.0 Å². The first-order valence-corrected chi connectivity index (χ1v) is 14.5. The number of carbonyl (C=O) groups excluding carboxylic acids is 2. The molecule has 0 heterocycles. The van der Waals surface area contributed by atoms with E-state index < -0.39 is 34.4 Å². The maximum atomic E-state index is 14.3. The minimum Gasteiger partial charge on any atom is -0.497 e. The molecule has 2 amide bonds. The van der Waals surface area contributed by atoms with Crippen LogP contribution in [0.3, 0.4) is 0 Å². The minimum atomic E-state index is -4.42. The van der Waals surface area contributed by atoms with Gasteiger partial charge in [0.25, 0.3) is 10.0 Å². The number of nitrogens with zero attached hydrogens (tertiary/aromatic N) is 2. The number of hydrogen-bond acceptors (Lipinski definition) is 8. The molecule has 0 saturated carbocycles. The van der Waals surface area contributed by atoms with E-state index in [1.165, 1.54) is 64.7 Å². The first kappa shape index (κ1) is 32.1. The van der Waals surface area contributed by atoms with Crippen LogP contribution in [0, 0.1) is 6.92 Å². The highest BCUT2D eigenvalue weighted by atomic mass is 32.2. The van der Waals surface area contributed by atoms with Crippen LogP contribution in [0.1, 0.15) is 18.1 Å². The zero-order valence-electron chi connectivity index (χ0n) is 24.8. The first-order valence-electron chi connectivity index (χ1n) is 13.0. The lowest BCUT2D eigenvalue weighted by Crippen LogP contribution is -2.50. The summed E-state index contributed by atoms with van der Waals surface area (Å²) in [5.41, 5.74) is 1.81. The lowest BCUT2D eigenvalue weighted by atomic mass is 10.1. The van der Waals surface area contributed by atoms with Gasteiger partial charge in [0.05, 0.1) is 39.0 Å². The van der Waals surface area contributed by atoms with Crippen molar-refractivity contribution in [1.29, 1.82) is 0 Å². The predicted molar refractivity (Wildman–Crippen MR) is 159 cm³/mol. The number of rotatable bonds is 13. The van der Waals surface area contributed by atoms with Gasteiger partial charge in [-0.15, -0.1) is 0 Å². The molecule has 11 nitrogen and oxygen atoms in total. The Morgan fingerprint density at radius 2 is 1.50 bits per heavy atom. The van der Waals surface area contributed by atoms with Gasteiger partial charge in [0.15, 0.2) is 11.5 Å². The van der Waals surface area contributed by atoms with Gasteiger partial charge in [-0.25, -0.2) is 8.42 Å². The zero-order valence-corrected chi connectivity index (χ0v) is 25.7. The van der Waals surface area contributed by atoms with Gasteiger partial charge < -0.3 is 29.2 Å². The molecule has 12 heteroatoms. The number of methoxy groups -OCH3 is 4. The predicted octanol–water partition coefficient (Wildman–Crippen LogP) is 3.39. The van der Waals surface area contributed by atoms with E-state index in [0.29, 0.717) is 11.5 Å². The molecule has 1 N–H and O–H groups in total. The highest BCUT2D eigenvalue weighted by molar-refractivity contribution is 7.92. The number of carbonyl (C=O) groups is 2. The zero-order chi connectivity index (χ0) is 31.0. The van der Waals surface area contributed by atoms with Crippen LogP contribution in [0.5, 0.6) is 23.0 Å². The van der Waals surface area contributed by atoms with Crippen LogP contribution >= 0.6 is 0 Å². The Labute approximate surface area is 247 Å². The molecule has 3 aromatic rings. The van der Waals surface area contributed by atoms with Crippen molar-refractivity contribution in [2.45, 2.75) is 31.3 Å². The highest BCUT2D eigenvalue weighted by Crippen LogP contribution is 2.37. The molecule has 0 radical (unpaired) electrons. The van der Waals surface area contributed by atoms with Crippen LogP contribution in [-0.2, 0) is 26.2 Å². The molecule has 42 heavy (non-hydrogen) atoms. The summed E-state index contributed by atoms with van der Waals surface area (Å²) < 4.78 is 51.0. The molecule has 0 fully saturated rings. The number of likely N-dealkylation sites (N-methyl/N-ethyl adjacent to an activating group) is 1. The quantitative estimate of drug-likeness (QED) is 0.317. The second-order valence-electron chi connectivity index (χ2n) is 9.30. The average molecular weight is 600 g/mol. The lowest BCUT2D eigenvalue weighted by molar-refractivity contribution is -0.139. The number of aryl methyl sites for hydroxylation is 1. The third-order valence-corrected chi connectivity index (χ3v) is 8.65. The highest BCUT2D eigenvalue weighted by Gasteiger charge is 2.34. The molecular formula is C30H37N3O8S. The number of amides is 2. The summed E-state index contributed by atoms with van der Waals surface area (Å²) in [6.45, 7) is 2.93. The van der Waals surface area contributed by atoms with Crippen LogP contribution < -0.4 is 28.6 Å². The standard InChI is InChI=1S/C30H37N3O8S/c1-20-10-8-9-11-22(20)18-32(21(2)30(35)31-3)29(34)19-33(25-16-23(38-4)12-14-26(25)39-5)42(36,37)24-13-15-27(40-6)28(17-24)41-7/h8-17,21H,18-19H2,1-7H3,(H,31,35)/t21-/m0/s1. The Morgan fingerprint density at radius 3 is 2.10 bits per heavy atom. The van der Waals surface area contributed by atoms with Gasteiger partial charge in [-0.1, -0.05) is 24.3 Å². The van der Waals surface area contributed by atoms with Gasteiger partial charge in [0.1, 0.15) is 24.1 Å². The topological polar surface area (TPSA) is 124 Å². The monoisotopic (exact) mass is 599 g/mol. The molecule has 3 rings (SSSR count). The fraction of sp³-hybridized carbons (Fsp3) is 0.333. The summed E-state index contributed by atoms with van der Waals surface area (Å²) in [4.78, 5) is 28.0. The van der Waals surface area contributed by atoms with Gasteiger partial charge in [-0.2, -0.15) is 0 Å². The molecule has 0 unspecified atom stereocenters. The van der Waals surface area contributed by atoms with E-state index in [0.717, 1.165) is 15.4 Å². The second kappa shape index (κ2) is 13.9. The molecule has 3 aromatic carbocycles. The van der Waals surface area contributed by atoms with Crippen LogP contribution in [0.4, 0.5) is 5.69 Å². The summed E-state index contributed by atoms with van der Waals surface area (Å²) in [5, 5.41) is 2.57. The minimum absolute atomic E-state index is 0.0726. The molecule has 1 atom stereocenters. The Bertz CT molecular complexity index is 1530. The number of anilines is 1. The molecular weight excluding hydrogens is 562 g/mol. The summed E-state index contributed by atoms with van der Waals surface area (Å²) in [7, 11) is 2.73. The Balaban J connectivity index is 2.18. The SMILES string of the molecule is CNC(=O)[C@H](C)N(Cc1ccccc1C)C(=O)CN(c1cc(OC)ccc1OC)S(=O)(=O)c1ccc(OC)c(OC)c1. The smallest absolute Gasteiger partial charge is 0.265 e. The summed E-state index contributed by atoms with van der Waals surface area (Å²) >= 11 is 0. The van der Waals surface area contributed by atoms with Gasteiger partial charge in [-0.05, 0) is 49.2 Å². The van der Waals surface area contributed by atoms with Gasteiger partial charge in [0.2, 0.25) is 11.8 Å². The van der Waals surface area contributed by atoms with Gasteiger partial charge in [0, 0.05) is 25.7 Å². The molecule has 0 aromatic heterocycles. The fourth-order valence-corrected chi connectivity index (χ4v) is 5.80. The first-order chi connectivity index (χ1) is 20.0. The van der Waals surface area contributed by atoms with Crippen molar-refractivity contribution in [2.24, 2.45) is 0 Å². The maximum absolute atomic E-state index is 14.3. The van der Waals surface area contributed by atoms with Crippen LogP contribution in [0.25, 0.3) is 0 Å². The molecule has 0 bridgehead atoms. The maximum Gasteiger partial charge on any atom is 0.265 e. The van der Waals surface area contributed by atoms with Gasteiger partial charge >= 0.3 is 0 Å². The largest absolute Gasteiger partial charge is 0.497 e. The molecule has 0 aliphatic heterocycles. The molecule has 0 aliphatic carbocycles. The van der Waals surface area contributed by atoms with E-state index in [-0.39, 0.29) is 28.6 Å². The van der Waals surface area contributed by atoms with Crippen molar-refractivity contribution in [2.75, 3.05) is 46.3 Å². The molecule has 0 saturated heterocycles. The Kier molecular flexibility index (Phi) is 10.6. The number of hydrogen-bond donors (Lipinski definition) is 1. The number of sulfonamides is 1. The van der Waals surface area contributed by atoms with Crippen LogP contribution in [-0.4, -0.2) is 73.2 Å². The summed E-state index contributed by atoms with van der Waals surface area (Å²) in [6.07, 6.45) is 0. The van der Waals surface area contributed by atoms with Crippen molar-refractivity contribution in [3.8, 4) is 23.0 Å². The van der Waals surface area contributed by atoms with E-state index in [9.17, 15) is 18.0 Å². The number of benzene rings is 3. The van der Waals surface area contributed by atoms with Crippen LogP contribution in [0.15, 0.2) is 65.6 Å². The van der Waals surface area contributed by atoms with E-state index in [1.54, 1.807) is 19.1 Å². The van der Waals surface area contributed by atoms with Crippen molar-refractivity contribution in [1.82, 2.24) is 10.2 Å². The number of nitrogens with one attached hydrogen (secondary N) is 1. The lowest BCUT2D eigenvalue weighted by Gasteiger charge is -2.32. The molecule has 0 spiro atoms. The fourth-order valence-electron chi connectivity index (χ4n) is 4.37. The molecule has 226 valence electrons. The normalized spacial score (nSPS) is 11.7. The summed E-state index contributed by atoms with van der Waals surface area (Å²) in [6, 6.07) is 15.3. The van der Waals surface area contributed by atoms with E-state index in [1.807, 2.05) is 31.2 Å². The van der Waals surface area contributed by atoms with Crippen molar-refractivity contribution >= 4 is 27.5 Å². The third-order valence-electron chi connectivity index (χ3n) is 6.89. The Morgan fingerprint density at radius 1 is 0.857 bits per heavy atom. The summed E-state index contributed by atoms with van der Waals surface area (Å²) in [5.74, 6) is 0.0610. The van der Waals surface area contributed by atoms with Crippen molar-refractivity contribution in [3.05, 3.63) is 71.8 Å². The average Bonchev–Trinajstić information content (AvgIpc) is 3.01. The van der Waals surface area contributed by atoms with E-state index >= 15 is 0 Å². The second-order valence-corrected chi connectivity index (χ2v) is 11.2. The number of ether oxygens (including phenoxy) is 4. The van der Waals surface area contributed by atoms with E-state index in [4.69, 9.17) is 18.9 Å². The van der Waals surface area contributed by atoms with Crippen LogP contribution in [0.2, 0.25) is 0 Å². The Hall–Kier alpha value is -4.45. The van der Waals surface area contributed by atoms with Gasteiger partial charge in [-0.3, -0.25) is 13.9 Å². The third kappa shape index (κ3) is 6.88. The van der Waals surface area contributed by atoms with Crippen molar-refractivity contribution in [3.63, 3.8) is 0 Å². The van der Waals surface area contributed by atoms with E-state index in [2.05, 4.69) is 5.32 Å². The molecule has 0 aliphatic rings.